The summed E-state index contributed by atoms with van der Waals surface area (Å²) in [4.78, 5) is 4.62. The molecule has 0 aromatic rings. The van der Waals surface area contributed by atoms with E-state index in [4.69, 9.17) is 0 Å². The SMILES string of the molecule is C[CH2][Ga]([CH2]C)[CH2]C.N. The zero-order valence-electron chi connectivity index (χ0n) is 6.41. The van der Waals surface area contributed by atoms with E-state index in [1.807, 2.05) is 0 Å². The normalized spacial score (nSPS) is 7.88. The second-order valence-electron chi connectivity index (χ2n) is 2.09. The van der Waals surface area contributed by atoms with Crippen molar-refractivity contribution in [1.29, 1.82) is 0 Å². The van der Waals surface area contributed by atoms with Crippen LogP contribution in [-0.2, 0) is 0 Å². The molecule has 0 rings (SSSR count). The molecule has 8 heavy (non-hydrogen) atoms. The minimum absolute atomic E-state index is 0. The molecule has 0 unspecified atom stereocenters. The van der Waals surface area contributed by atoms with Crippen molar-refractivity contribution in [3.63, 3.8) is 0 Å². The van der Waals surface area contributed by atoms with Crippen molar-refractivity contribution in [2.75, 3.05) is 0 Å². The van der Waals surface area contributed by atoms with Crippen molar-refractivity contribution in [2.45, 2.75) is 35.7 Å². The second kappa shape index (κ2) is 7.60. The molecule has 0 spiro atoms. The van der Waals surface area contributed by atoms with E-state index in [0.29, 0.717) is 0 Å². The summed E-state index contributed by atoms with van der Waals surface area (Å²) in [5, 5.41) is 0. The zero-order chi connectivity index (χ0) is 5.70. The monoisotopic (exact) mass is 173 g/mol. The largest absolute Gasteiger partial charge is 0.344 e. The molecule has 0 saturated heterocycles. The molecule has 3 N–H and O–H groups in total. The van der Waals surface area contributed by atoms with Crippen LogP contribution >= 0.6 is 0 Å². The van der Waals surface area contributed by atoms with Gasteiger partial charge in [-0.1, -0.05) is 0 Å². The zero-order valence-corrected chi connectivity index (χ0v) is 8.83. The van der Waals surface area contributed by atoms with Crippen LogP contribution in [-0.4, -0.2) is 16.2 Å². The van der Waals surface area contributed by atoms with Crippen molar-refractivity contribution < 1.29 is 0 Å². The molecule has 0 aromatic heterocycles. The minimum Gasteiger partial charge on any atom is -0.344 e. The van der Waals surface area contributed by atoms with E-state index < -0.39 is 16.2 Å². The molecule has 0 bridgehead atoms. The molecular weight excluding hydrogens is 156 g/mol. The van der Waals surface area contributed by atoms with Gasteiger partial charge < -0.3 is 6.15 Å². The summed E-state index contributed by atoms with van der Waals surface area (Å²) in [7, 11) is 0. The van der Waals surface area contributed by atoms with Crippen molar-refractivity contribution in [2.24, 2.45) is 0 Å². The smallest absolute Gasteiger partial charge is 0.344 e. The fraction of sp³-hybridized carbons (Fsp3) is 1.00. The van der Waals surface area contributed by atoms with Crippen LogP contribution in [0, 0.1) is 0 Å². The van der Waals surface area contributed by atoms with Crippen molar-refractivity contribution in [1.82, 2.24) is 6.15 Å². The minimum atomic E-state index is -0.576. The Morgan fingerprint density at radius 2 is 1.12 bits per heavy atom. The van der Waals surface area contributed by atoms with Gasteiger partial charge in [0.1, 0.15) is 0 Å². The van der Waals surface area contributed by atoms with E-state index in [9.17, 15) is 0 Å². The fourth-order valence-electron chi connectivity index (χ4n) is 0.866. The van der Waals surface area contributed by atoms with Crippen LogP contribution in [0.15, 0.2) is 0 Å². The summed E-state index contributed by atoms with van der Waals surface area (Å²) in [5.74, 6) is 0. The second-order valence-corrected chi connectivity index (χ2v) is 10.9. The van der Waals surface area contributed by atoms with Gasteiger partial charge in [-0.3, -0.25) is 0 Å². The molecule has 1 nitrogen and oxygen atoms in total. The maximum absolute atomic E-state index is 2.34. The van der Waals surface area contributed by atoms with Gasteiger partial charge in [-0.15, -0.1) is 0 Å². The molecule has 0 fully saturated rings. The summed E-state index contributed by atoms with van der Waals surface area (Å²) in [5.41, 5.74) is 0. The van der Waals surface area contributed by atoms with Crippen LogP contribution in [0.1, 0.15) is 20.8 Å². The van der Waals surface area contributed by atoms with Crippen LogP contribution in [0.3, 0.4) is 0 Å². The van der Waals surface area contributed by atoms with E-state index in [2.05, 4.69) is 20.8 Å². The Morgan fingerprint density at radius 1 is 0.875 bits per heavy atom. The van der Waals surface area contributed by atoms with Gasteiger partial charge in [-0.2, -0.15) is 0 Å². The summed E-state index contributed by atoms with van der Waals surface area (Å²) in [6, 6.07) is 0. The van der Waals surface area contributed by atoms with Crippen molar-refractivity contribution in [3.8, 4) is 0 Å². The molecule has 50 valence electrons. The van der Waals surface area contributed by atoms with Crippen LogP contribution in [0.25, 0.3) is 0 Å². The predicted molar refractivity (Wildman–Crippen MR) is 42.2 cm³/mol. The topological polar surface area (TPSA) is 35.0 Å². The molecule has 0 heterocycles. The van der Waals surface area contributed by atoms with Gasteiger partial charge in [-0.25, -0.2) is 0 Å². The standard InChI is InChI=1S/3C2H5.Ga.H3N/c3*1-2;;/h3*1H2,2H3;;1H3. The Bertz CT molecular complexity index is 30.0. The summed E-state index contributed by atoms with van der Waals surface area (Å²) < 4.78 is 0. The number of hydrogen-bond donors (Lipinski definition) is 1. The van der Waals surface area contributed by atoms with Crippen molar-refractivity contribution in [3.05, 3.63) is 0 Å². The third-order valence-electron chi connectivity index (χ3n) is 1.73. The van der Waals surface area contributed by atoms with Gasteiger partial charge in [0.25, 0.3) is 0 Å². The van der Waals surface area contributed by atoms with Crippen LogP contribution in [0.4, 0.5) is 0 Å². The van der Waals surface area contributed by atoms with E-state index in [-0.39, 0.29) is 6.15 Å². The average Bonchev–Trinajstić information content (AvgIpc) is 1.72. The Labute approximate surface area is 58.5 Å². The molecular formula is C6H18GaN. The first-order chi connectivity index (χ1) is 3.35. The third kappa shape index (κ3) is 4.75. The summed E-state index contributed by atoms with van der Waals surface area (Å²) in [6.07, 6.45) is 0. The Morgan fingerprint density at radius 3 is 1.12 bits per heavy atom. The molecule has 0 aromatic carbocycles. The average molecular weight is 174 g/mol. The van der Waals surface area contributed by atoms with E-state index >= 15 is 0 Å². The molecule has 0 atom stereocenters. The summed E-state index contributed by atoms with van der Waals surface area (Å²) >= 11 is -0.576. The van der Waals surface area contributed by atoms with Crippen molar-refractivity contribution >= 4 is 16.2 Å². The molecule has 0 aliphatic heterocycles. The molecule has 0 radical (unpaired) electrons. The molecule has 0 saturated carbocycles. The molecule has 2 heteroatoms. The molecule has 0 aliphatic rings. The Balaban J connectivity index is 0. The van der Waals surface area contributed by atoms with Crippen LogP contribution in [0.5, 0.6) is 0 Å². The Kier molecular flexibility index (Phi) is 10.8. The van der Waals surface area contributed by atoms with E-state index in [0.717, 1.165) is 0 Å². The van der Waals surface area contributed by atoms with Crippen LogP contribution < -0.4 is 6.15 Å². The maximum atomic E-state index is 2.34. The number of hydrogen-bond acceptors (Lipinski definition) is 1. The van der Waals surface area contributed by atoms with Gasteiger partial charge in [0.15, 0.2) is 0 Å². The third-order valence-corrected chi connectivity index (χ3v) is 9.00. The Hall–Kier alpha value is 0.596. The molecule has 0 aliphatic carbocycles. The first-order valence-electron chi connectivity index (χ1n) is 3.35. The first-order valence-corrected chi connectivity index (χ1v) is 8.49. The first kappa shape index (κ1) is 11.4. The molecule has 0 amide bonds. The predicted octanol–water partition coefficient (Wildman–Crippen LogP) is 2.70. The van der Waals surface area contributed by atoms with Crippen LogP contribution in [0.2, 0.25) is 14.9 Å². The maximum Gasteiger partial charge on any atom is -0.344 e. The van der Waals surface area contributed by atoms with Gasteiger partial charge in [0.05, 0.1) is 0 Å². The fourth-order valence-corrected chi connectivity index (χ4v) is 4.50. The summed E-state index contributed by atoms with van der Waals surface area (Å²) in [6.45, 7) is 7.03. The van der Waals surface area contributed by atoms with E-state index in [1.54, 1.807) is 14.9 Å². The van der Waals surface area contributed by atoms with Gasteiger partial charge >= 0.3 is 51.9 Å². The van der Waals surface area contributed by atoms with Gasteiger partial charge in [-0.05, 0) is 0 Å². The number of rotatable bonds is 3. The van der Waals surface area contributed by atoms with E-state index in [1.165, 1.54) is 0 Å². The van der Waals surface area contributed by atoms with Gasteiger partial charge in [0, 0.05) is 0 Å². The van der Waals surface area contributed by atoms with Gasteiger partial charge in [0.2, 0.25) is 0 Å². The quantitative estimate of drug-likeness (QED) is 0.655.